The summed E-state index contributed by atoms with van der Waals surface area (Å²) >= 11 is 0. The Morgan fingerprint density at radius 1 is 1.28 bits per heavy atom. The molecule has 1 fully saturated rings. The molecule has 0 spiro atoms. The SMILES string of the molecule is COC(=O)/C(=C\C(F)(F)Cc1ccccc1)NC(=O)N1CCOCC1. The van der Waals surface area contributed by atoms with Crippen LogP contribution in [0.25, 0.3) is 0 Å². The number of alkyl halides is 2. The number of allylic oxidation sites excluding steroid dienone is 1. The number of halogens is 2. The van der Waals surface area contributed by atoms with Gasteiger partial charge in [-0.3, -0.25) is 0 Å². The highest BCUT2D eigenvalue weighted by Gasteiger charge is 2.30. The Kier molecular flexibility index (Phi) is 6.46. The Balaban J connectivity index is 2.13. The van der Waals surface area contributed by atoms with Crippen molar-refractivity contribution in [2.45, 2.75) is 12.3 Å². The molecule has 0 radical (unpaired) electrons. The van der Waals surface area contributed by atoms with Crippen LogP contribution in [0.4, 0.5) is 13.6 Å². The van der Waals surface area contributed by atoms with E-state index in [0.29, 0.717) is 37.9 Å². The van der Waals surface area contributed by atoms with Gasteiger partial charge in [-0.25, -0.2) is 18.4 Å². The van der Waals surface area contributed by atoms with E-state index >= 15 is 0 Å². The van der Waals surface area contributed by atoms with Gasteiger partial charge in [0.05, 0.1) is 20.3 Å². The average Bonchev–Trinajstić information content (AvgIpc) is 2.61. The molecule has 1 aromatic carbocycles. The topological polar surface area (TPSA) is 67.9 Å². The van der Waals surface area contributed by atoms with Crippen molar-refractivity contribution in [3.05, 3.63) is 47.7 Å². The number of nitrogens with one attached hydrogen (secondary N) is 1. The fourth-order valence-electron chi connectivity index (χ4n) is 2.35. The fraction of sp³-hybridized carbons (Fsp3) is 0.412. The van der Waals surface area contributed by atoms with Gasteiger partial charge in [0.1, 0.15) is 5.70 Å². The Morgan fingerprint density at radius 2 is 1.92 bits per heavy atom. The third-order valence-electron chi connectivity index (χ3n) is 3.58. The number of hydrogen-bond acceptors (Lipinski definition) is 4. The van der Waals surface area contributed by atoms with Crippen molar-refractivity contribution in [2.75, 3.05) is 33.4 Å². The van der Waals surface area contributed by atoms with Crippen LogP contribution in [0.5, 0.6) is 0 Å². The zero-order chi connectivity index (χ0) is 18.3. The van der Waals surface area contributed by atoms with E-state index in [9.17, 15) is 18.4 Å². The van der Waals surface area contributed by atoms with Crippen LogP contribution in [0.15, 0.2) is 42.1 Å². The second-order valence-corrected chi connectivity index (χ2v) is 5.50. The highest BCUT2D eigenvalue weighted by Crippen LogP contribution is 2.23. The highest BCUT2D eigenvalue weighted by atomic mass is 19.3. The molecule has 0 atom stereocenters. The monoisotopic (exact) mass is 354 g/mol. The second kappa shape index (κ2) is 8.57. The Bertz CT molecular complexity index is 629. The predicted octanol–water partition coefficient (Wildman–Crippen LogP) is 1.96. The standard InChI is InChI=1S/C17H20F2N2O4/c1-24-15(22)14(20-16(23)21-7-9-25-10-8-21)12-17(18,19)11-13-5-3-2-4-6-13/h2-6,12H,7-11H2,1H3,(H,20,23)/b14-12+. The van der Waals surface area contributed by atoms with E-state index in [-0.39, 0.29) is 0 Å². The average molecular weight is 354 g/mol. The van der Waals surface area contributed by atoms with Crippen molar-refractivity contribution < 1.29 is 27.8 Å². The number of amides is 2. The van der Waals surface area contributed by atoms with Crippen molar-refractivity contribution in [2.24, 2.45) is 0 Å². The maximum Gasteiger partial charge on any atom is 0.354 e. The number of benzene rings is 1. The number of methoxy groups -OCH3 is 1. The number of morpholine rings is 1. The van der Waals surface area contributed by atoms with Crippen LogP contribution in [-0.4, -0.2) is 56.2 Å². The van der Waals surface area contributed by atoms with Crippen LogP contribution in [0.1, 0.15) is 5.56 Å². The number of carbonyl (C=O) groups excluding carboxylic acids is 2. The summed E-state index contributed by atoms with van der Waals surface area (Å²) in [6, 6.07) is 7.50. The van der Waals surface area contributed by atoms with Gasteiger partial charge in [-0.1, -0.05) is 30.3 Å². The minimum Gasteiger partial charge on any atom is -0.464 e. The summed E-state index contributed by atoms with van der Waals surface area (Å²) in [6.45, 7) is 1.35. The number of ether oxygens (including phenoxy) is 2. The van der Waals surface area contributed by atoms with Crippen LogP contribution < -0.4 is 5.32 Å². The molecule has 0 saturated carbocycles. The number of esters is 1. The first-order valence-corrected chi connectivity index (χ1v) is 7.78. The zero-order valence-corrected chi connectivity index (χ0v) is 13.8. The van der Waals surface area contributed by atoms with Crippen LogP contribution in [-0.2, 0) is 20.7 Å². The lowest BCUT2D eigenvalue weighted by molar-refractivity contribution is -0.136. The molecule has 8 heteroatoms. The van der Waals surface area contributed by atoms with Crippen LogP contribution in [0.2, 0.25) is 0 Å². The van der Waals surface area contributed by atoms with E-state index in [1.165, 1.54) is 4.90 Å². The normalized spacial score (nSPS) is 15.6. The summed E-state index contributed by atoms with van der Waals surface area (Å²) < 4.78 is 38.2. The third kappa shape index (κ3) is 5.82. The van der Waals surface area contributed by atoms with E-state index in [1.807, 2.05) is 0 Å². The first-order chi connectivity index (χ1) is 11.9. The molecule has 25 heavy (non-hydrogen) atoms. The van der Waals surface area contributed by atoms with Crippen LogP contribution in [0.3, 0.4) is 0 Å². The van der Waals surface area contributed by atoms with Crippen molar-refractivity contribution in [1.82, 2.24) is 10.2 Å². The first-order valence-electron chi connectivity index (χ1n) is 7.78. The van der Waals surface area contributed by atoms with Gasteiger partial charge < -0.3 is 19.7 Å². The van der Waals surface area contributed by atoms with E-state index in [1.54, 1.807) is 30.3 Å². The number of carbonyl (C=O) groups is 2. The summed E-state index contributed by atoms with van der Waals surface area (Å²) in [7, 11) is 1.06. The van der Waals surface area contributed by atoms with Crippen LogP contribution >= 0.6 is 0 Å². The highest BCUT2D eigenvalue weighted by molar-refractivity contribution is 5.93. The molecule has 1 aliphatic rings. The van der Waals surface area contributed by atoms with Gasteiger partial charge in [0.25, 0.3) is 5.92 Å². The maximum absolute atomic E-state index is 14.3. The molecule has 2 rings (SSSR count). The quantitative estimate of drug-likeness (QED) is 0.648. The molecular weight excluding hydrogens is 334 g/mol. The van der Waals surface area contributed by atoms with E-state index in [2.05, 4.69) is 10.1 Å². The van der Waals surface area contributed by atoms with Crippen LogP contribution in [0, 0.1) is 0 Å². The summed E-state index contributed by atoms with van der Waals surface area (Å²) in [6.07, 6.45) is -0.161. The molecule has 1 aliphatic heterocycles. The minimum absolute atomic E-state index is 0.320. The zero-order valence-electron chi connectivity index (χ0n) is 13.8. The third-order valence-corrected chi connectivity index (χ3v) is 3.58. The van der Waals surface area contributed by atoms with Gasteiger partial charge in [-0.05, 0) is 5.56 Å². The molecule has 0 bridgehead atoms. The van der Waals surface area contributed by atoms with Gasteiger partial charge >= 0.3 is 12.0 Å². The molecule has 1 aromatic rings. The smallest absolute Gasteiger partial charge is 0.354 e. The molecule has 1 N–H and O–H groups in total. The fourth-order valence-corrected chi connectivity index (χ4v) is 2.35. The minimum atomic E-state index is -3.33. The van der Waals surface area contributed by atoms with Gasteiger partial charge in [0, 0.05) is 25.6 Å². The van der Waals surface area contributed by atoms with Gasteiger partial charge in [-0.15, -0.1) is 0 Å². The molecule has 1 heterocycles. The summed E-state index contributed by atoms with van der Waals surface area (Å²) in [5.41, 5.74) is -0.174. The summed E-state index contributed by atoms with van der Waals surface area (Å²) in [5.74, 6) is -4.36. The molecule has 0 unspecified atom stereocenters. The molecule has 0 aromatic heterocycles. The molecule has 0 aliphatic carbocycles. The largest absolute Gasteiger partial charge is 0.464 e. The Labute approximate surface area is 144 Å². The molecule has 6 nitrogen and oxygen atoms in total. The predicted molar refractivity (Wildman–Crippen MR) is 86.1 cm³/mol. The number of hydrogen-bond donors (Lipinski definition) is 1. The number of urea groups is 1. The Morgan fingerprint density at radius 3 is 2.52 bits per heavy atom. The van der Waals surface area contributed by atoms with Crippen molar-refractivity contribution >= 4 is 12.0 Å². The van der Waals surface area contributed by atoms with E-state index in [0.717, 1.165) is 7.11 Å². The first kappa shape index (κ1) is 18.9. The van der Waals surface area contributed by atoms with Crippen molar-refractivity contribution in [1.29, 1.82) is 0 Å². The number of nitrogens with zero attached hydrogens (tertiary/aromatic N) is 1. The van der Waals surface area contributed by atoms with E-state index < -0.39 is 30.0 Å². The molecular formula is C17H20F2N2O4. The van der Waals surface area contributed by atoms with Gasteiger partial charge in [0.2, 0.25) is 0 Å². The lowest BCUT2D eigenvalue weighted by Crippen LogP contribution is -2.47. The molecule has 1 saturated heterocycles. The number of rotatable bonds is 5. The Hall–Kier alpha value is -2.48. The summed E-state index contributed by atoms with van der Waals surface area (Å²) in [5, 5.41) is 2.22. The van der Waals surface area contributed by atoms with Gasteiger partial charge in [0.15, 0.2) is 0 Å². The lowest BCUT2D eigenvalue weighted by Gasteiger charge is -2.27. The van der Waals surface area contributed by atoms with Gasteiger partial charge in [-0.2, -0.15) is 0 Å². The second-order valence-electron chi connectivity index (χ2n) is 5.50. The van der Waals surface area contributed by atoms with Crippen molar-refractivity contribution in [3.63, 3.8) is 0 Å². The van der Waals surface area contributed by atoms with E-state index in [4.69, 9.17) is 4.74 Å². The maximum atomic E-state index is 14.3. The molecule has 136 valence electrons. The molecule has 2 amide bonds. The summed E-state index contributed by atoms with van der Waals surface area (Å²) in [4.78, 5) is 25.3. The van der Waals surface area contributed by atoms with Crippen molar-refractivity contribution in [3.8, 4) is 0 Å². The lowest BCUT2D eigenvalue weighted by atomic mass is 10.1.